The van der Waals surface area contributed by atoms with Crippen LogP contribution in [-0.2, 0) is 17.8 Å². The first-order valence-corrected chi connectivity index (χ1v) is 10.6. The number of hydrogen-bond donors (Lipinski definition) is 2. The Labute approximate surface area is 178 Å². The lowest BCUT2D eigenvalue weighted by Crippen LogP contribution is -2.43. The summed E-state index contributed by atoms with van der Waals surface area (Å²) in [5.41, 5.74) is 3.89. The summed E-state index contributed by atoms with van der Waals surface area (Å²) in [4.78, 5) is 32.6. The van der Waals surface area contributed by atoms with Gasteiger partial charge in [-0.05, 0) is 31.9 Å². The summed E-state index contributed by atoms with van der Waals surface area (Å²) in [6, 6.07) is 4.15. The largest absolute Gasteiger partial charge is 0.481 e. The van der Waals surface area contributed by atoms with Crippen molar-refractivity contribution in [1.29, 1.82) is 0 Å². The lowest BCUT2D eigenvalue weighted by molar-refractivity contribution is -0.141. The number of hydrogen-bond acceptors (Lipinski definition) is 6. The van der Waals surface area contributed by atoms with Crippen LogP contribution in [0.2, 0.25) is 5.15 Å². The van der Waals surface area contributed by atoms with E-state index in [1.165, 1.54) is 0 Å². The molecule has 0 amide bonds. The zero-order valence-corrected chi connectivity index (χ0v) is 17.4. The molecule has 2 aliphatic rings. The summed E-state index contributed by atoms with van der Waals surface area (Å²) in [7, 11) is 0. The molecule has 3 aromatic rings. The molecule has 5 rings (SSSR count). The van der Waals surface area contributed by atoms with Crippen LogP contribution in [0, 0.1) is 5.92 Å². The van der Waals surface area contributed by atoms with Gasteiger partial charge in [0.25, 0.3) is 0 Å². The van der Waals surface area contributed by atoms with Gasteiger partial charge in [-0.25, -0.2) is 15.0 Å². The predicted octanol–water partition coefficient (Wildman–Crippen LogP) is 3.26. The number of pyridine rings is 1. The maximum atomic E-state index is 11.5. The van der Waals surface area contributed by atoms with Gasteiger partial charge >= 0.3 is 5.97 Å². The monoisotopic (exact) mass is 426 g/mol. The van der Waals surface area contributed by atoms with Gasteiger partial charge in [0.1, 0.15) is 22.9 Å². The van der Waals surface area contributed by atoms with Crippen molar-refractivity contribution in [2.45, 2.75) is 38.8 Å². The Morgan fingerprint density at radius 1 is 1.37 bits per heavy atom. The average Bonchev–Trinajstić information content (AvgIpc) is 3.20. The molecule has 2 unspecified atom stereocenters. The first-order valence-electron chi connectivity index (χ1n) is 10.2. The summed E-state index contributed by atoms with van der Waals surface area (Å²) >= 11 is 6.30. The molecule has 2 atom stereocenters. The second kappa shape index (κ2) is 7.43. The highest BCUT2D eigenvalue weighted by Gasteiger charge is 2.32. The number of carboxylic acid groups (broad SMARTS) is 1. The number of carboxylic acids is 1. The van der Waals surface area contributed by atoms with Crippen LogP contribution in [0.25, 0.3) is 11.0 Å². The van der Waals surface area contributed by atoms with Crippen LogP contribution in [0.15, 0.2) is 24.7 Å². The SMILES string of the molecule is CC1Cc2ncnc(N3CCCC(C(=O)O)C3)c2CN1c1cc(Cl)nc2[nH]ccc12. The summed E-state index contributed by atoms with van der Waals surface area (Å²) < 4.78 is 0. The Kier molecular flexibility index (Phi) is 4.73. The van der Waals surface area contributed by atoms with Gasteiger partial charge in [-0.3, -0.25) is 4.79 Å². The van der Waals surface area contributed by atoms with Crippen molar-refractivity contribution in [3.63, 3.8) is 0 Å². The molecule has 0 spiro atoms. The quantitative estimate of drug-likeness (QED) is 0.620. The Hall–Kier alpha value is -2.87. The molecule has 8 nitrogen and oxygen atoms in total. The molecular weight excluding hydrogens is 404 g/mol. The normalized spacial score (nSPS) is 21.7. The predicted molar refractivity (Wildman–Crippen MR) is 115 cm³/mol. The molecule has 2 N–H and O–H groups in total. The summed E-state index contributed by atoms with van der Waals surface area (Å²) in [5.74, 6) is -0.242. The lowest BCUT2D eigenvalue weighted by atomic mass is 9.95. The summed E-state index contributed by atoms with van der Waals surface area (Å²) in [6.45, 7) is 4.11. The number of rotatable bonds is 3. The minimum Gasteiger partial charge on any atom is -0.481 e. The second-order valence-electron chi connectivity index (χ2n) is 8.13. The molecule has 0 aromatic carbocycles. The van der Waals surface area contributed by atoms with Crippen LogP contribution in [0.3, 0.4) is 0 Å². The third-order valence-corrected chi connectivity index (χ3v) is 6.41. The molecule has 0 aliphatic carbocycles. The molecule has 30 heavy (non-hydrogen) atoms. The van der Waals surface area contributed by atoms with Crippen LogP contribution < -0.4 is 9.80 Å². The number of nitrogens with one attached hydrogen (secondary N) is 1. The van der Waals surface area contributed by atoms with Gasteiger partial charge in [0.15, 0.2) is 0 Å². The fraction of sp³-hybridized carbons (Fsp3) is 0.429. The Morgan fingerprint density at radius 2 is 2.23 bits per heavy atom. The summed E-state index contributed by atoms with van der Waals surface area (Å²) in [5, 5.41) is 11.0. The Morgan fingerprint density at radius 3 is 3.07 bits per heavy atom. The fourth-order valence-electron chi connectivity index (χ4n) is 4.69. The van der Waals surface area contributed by atoms with Crippen LogP contribution in [0.5, 0.6) is 0 Å². The molecular formula is C21H23ClN6O2. The van der Waals surface area contributed by atoms with Crippen LogP contribution >= 0.6 is 11.6 Å². The number of aromatic nitrogens is 4. The van der Waals surface area contributed by atoms with Crippen molar-refractivity contribution in [3.8, 4) is 0 Å². The van der Waals surface area contributed by atoms with Gasteiger partial charge in [-0.15, -0.1) is 0 Å². The number of aliphatic carboxylic acids is 1. The molecule has 156 valence electrons. The number of fused-ring (bicyclic) bond motifs is 2. The number of nitrogens with zero attached hydrogens (tertiary/aromatic N) is 5. The zero-order chi connectivity index (χ0) is 20.8. The Balaban J connectivity index is 1.53. The van der Waals surface area contributed by atoms with E-state index in [1.54, 1.807) is 6.33 Å². The minimum atomic E-state index is -0.737. The van der Waals surface area contributed by atoms with E-state index in [0.717, 1.165) is 53.2 Å². The molecule has 1 fully saturated rings. The topological polar surface area (TPSA) is 98.2 Å². The van der Waals surface area contributed by atoms with E-state index in [2.05, 4.69) is 36.7 Å². The van der Waals surface area contributed by atoms with Gasteiger partial charge in [0.05, 0.1) is 17.3 Å². The third kappa shape index (κ3) is 3.25. The van der Waals surface area contributed by atoms with Gasteiger partial charge in [-0.2, -0.15) is 0 Å². The molecule has 0 bridgehead atoms. The maximum Gasteiger partial charge on any atom is 0.308 e. The number of anilines is 2. The summed E-state index contributed by atoms with van der Waals surface area (Å²) in [6.07, 6.45) is 5.82. The number of halogens is 1. The molecule has 0 saturated carbocycles. The van der Waals surface area contributed by atoms with E-state index < -0.39 is 5.97 Å². The fourth-order valence-corrected chi connectivity index (χ4v) is 4.87. The molecule has 9 heteroatoms. The van der Waals surface area contributed by atoms with Crippen LogP contribution in [0.4, 0.5) is 11.5 Å². The highest BCUT2D eigenvalue weighted by molar-refractivity contribution is 6.30. The van der Waals surface area contributed by atoms with Gasteiger partial charge < -0.3 is 19.9 Å². The van der Waals surface area contributed by atoms with Gasteiger partial charge in [0, 0.05) is 49.2 Å². The first kappa shape index (κ1) is 19.1. The number of carbonyl (C=O) groups is 1. The highest BCUT2D eigenvalue weighted by Crippen LogP contribution is 2.37. The van der Waals surface area contributed by atoms with E-state index >= 15 is 0 Å². The van der Waals surface area contributed by atoms with Crippen molar-refractivity contribution >= 4 is 40.1 Å². The number of piperidine rings is 1. The molecule has 5 heterocycles. The first-order chi connectivity index (χ1) is 14.5. The second-order valence-corrected chi connectivity index (χ2v) is 8.52. The van der Waals surface area contributed by atoms with Crippen molar-refractivity contribution < 1.29 is 9.90 Å². The molecule has 0 radical (unpaired) electrons. The van der Waals surface area contributed by atoms with Crippen molar-refractivity contribution in [2.24, 2.45) is 5.92 Å². The smallest absolute Gasteiger partial charge is 0.308 e. The van der Waals surface area contributed by atoms with Gasteiger partial charge in [-0.1, -0.05) is 11.6 Å². The van der Waals surface area contributed by atoms with Crippen molar-refractivity contribution in [2.75, 3.05) is 22.9 Å². The van der Waals surface area contributed by atoms with Crippen molar-refractivity contribution in [3.05, 3.63) is 41.1 Å². The van der Waals surface area contributed by atoms with Crippen molar-refractivity contribution in [1.82, 2.24) is 19.9 Å². The van der Waals surface area contributed by atoms with Crippen LogP contribution in [-0.4, -0.2) is 50.1 Å². The standard InChI is InChI=1S/C21H23ClN6O2/c1-12-7-16-15(10-28(12)17-8-18(22)26-19-14(17)4-5-23-19)20(25-11-24-16)27-6-2-3-13(9-27)21(29)30/h4-5,8,11-13H,2-3,6-7,9-10H2,1H3,(H,23,26)(H,29,30). The van der Waals surface area contributed by atoms with E-state index in [4.69, 9.17) is 11.6 Å². The lowest BCUT2D eigenvalue weighted by Gasteiger charge is -2.39. The third-order valence-electron chi connectivity index (χ3n) is 6.22. The molecule has 3 aromatic heterocycles. The van der Waals surface area contributed by atoms with E-state index in [1.807, 2.05) is 18.3 Å². The average molecular weight is 427 g/mol. The maximum absolute atomic E-state index is 11.5. The molecule has 2 aliphatic heterocycles. The molecule has 1 saturated heterocycles. The van der Waals surface area contributed by atoms with E-state index in [9.17, 15) is 9.90 Å². The number of aromatic amines is 1. The van der Waals surface area contributed by atoms with Gasteiger partial charge in [0.2, 0.25) is 0 Å². The van der Waals surface area contributed by atoms with Crippen LogP contribution in [0.1, 0.15) is 31.0 Å². The Bertz CT molecular complexity index is 1120. The highest BCUT2D eigenvalue weighted by atomic mass is 35.5. The minimum absolute atomic E-state index is 0.227. The van der Waals surface area contributed by atoms with E-state index in [-0.39, 0.29) is 12.0 Å². The number of H-pyrrole nitrogens is 1. The van der Waals surface area contributed by atoms with E-state index in [0.29, 0.717) is 24.7 Å². The zero-order valence-electron chi connectivity index (χ0n) is 16.7.